The Bertz CT molecular complexity index is 1170. The van der Waals surface area contributed by atoms with E-state index < -0.39 is 17.7 Å². The lowest BCUT2D eigenvalue weighted by molar-refractivity contribution is -0.140. The molecular weight excluding hydrogens is 426 g/mol. The number of ketones is 1. The van der Waals surface area contributed by atoms with Crippen LogP contribution in [-0.4, -0.2) is 21.7 Å². The van der Waals surface area contributed by atoms with Crippen LogP contribution < -0.4 is 0 Å². The molecule has 0 saturated carbocycles. The van der Waals surface area contributed by atoms with Crippen molar-refractivity contribution in [2.24, 2.45) is 0 Å². The van der Waals surface area contributed by atoms with Gasteiger partial charge in [0.15, 0.2) is 0 Å². The lowest BCUT2D eigenvalue weighted by Crippen LogP contribution is -2.29. The summed E-state index contributed by atoms with van der Waals surface area (Å²) in [6.07, 6.45) is 1.52. The Morgan fingerprint density at radius 3 is 2.25 bits per heavy atom. The molecule has 1 fully saturated rings. The van der Waals surface area contributed by atoms with Crippen LogP contribution in [0, 0.1) is 0 Å². The minimum absolute atomic E-state index is 0.0438. The van der Waals surface area contributed by atoms with E-state index in [0.717, 1.165) is 11.1 Å². The zero-order chi connectivity index (χ0) is 23.0. The maximum absolute atomic E-state index is 13.1. The lowest BCUT2D eigenvalue weighted by Gasteiger charge is -2.26. The molecule has 1 amide bonds. The molecule has 1 atom stereocenters. The fraction of sp³-hybridized carbons (Fsp3) is 0.231. The second-order valence-electron chi connectivity index (χ2n) is 8.89. The first kappa shape index (κ1) is 21.9. The summed E-state index contributed by atoms with van der Waals surface area (Å²) in [4.78, 5) is 27.5. The summed E-state index contributed by atoms with van der Waals surface area (Å²) in [5.74, 6) is -1.09. The first-order valence-corrected chi connectivity index (χ1v) is 10.7. The van der Waals surface area contributed by atoms with Crippen molar-refractivity contribution < 1.29 is 19.1 Å². The van der Waals surface area contributed by atoms with E-state index in [1.807, 2.05) is 24.3 Å². The minimum atomic E-state index is -0.746. The topological polar surface area (TPSA) is 70.8 Å². The normalized spacial score (nSPS) is 18.4. The highest BCUT2D eigenvalue weighted by Crippen LogP contribution is 2.41. The monoisotopic (exact) mass is 449 g/mol. The third kappa shape index (κ3) is 4.08. The van der Waals surface area contributed by atoms with E-state index >= 15 is 0 Å². The molecule has 1 aliphatic heterocycles. The first-order chi connectivity index (χ1) is 15.2. The number of carbonyl (C=O) groups is 2. The van der Waals surface area contributed by atoms with Gasteiger partial charge < -0.3 is 14.4 Å². The van der Waals surface area contributed by atoms with Crippen LogP contribution in [0.4, 0.5) is 0 Å². The van der Waals surface area contributed by atoms with Crippen LogP contribution in [0.15, 0.2) is 76.9 Å². The SMILES string of the molecule is CC(C)(C)c1ccc(C2C(=C(O)c3ccc(Cl)cc3)C(=O)C(=O)N2Cc2ccco2)cc1. The van der Waals surface area contributed by atoms with Crippen LogP contribution in [0.25, 0.3) is 5.76 Å². The fourth-order valence-corrected chi connectivity index (χ4v) is 4.01. The molecule has 1 aromatic heterocycles. The third-order valence-corrected chi connectivity index (χ3v) is 5.91. The number of rotatable bonds is 4. The molecule has 1 aliphatic rings. The van der Waals surface area contributed by atoms with Gasteiger partial charge in [-0.3, -0.25) is 9.59 Å². The maximum Gasteiger partial charge on any atom is 0.296 e. The summed E-state index contributed by atoms with van der Waals surface area (Å²) in [5, 5.41) is 11.6. The average Bonchev–Trinajstić information content (AvgIpc) is 3.36. The van der Waals surface area contributed by atoms with Gasteiger partial charge in [0.25, 0.3) is 11.7 Å². The fourth-order valence-electron chi connectivity index (χ4n) is 3.89. The third-order valence-electron chi connectivity index (χ3n) is 5.66. The smallest absolute Gasteiger partial charge is 0.296 e. The molecule has 1 unspecified atom stereocenters. The van der Waals surface area contributed by atoms with Crippen molar-refractivity contribution in [2.45, 2.75) is 38.8 Å². The van der Waals surface area contributed by atoms with Gasteiger partial charge in [-0.2, -0.15) is 0 Å². The van der Waals surface area contributed by atoms with Gasteiger partial charge in [0, 0.05) is 10.6 Å². The average molecular weight is 450 g/mol. The quantitative estimate of drug-likeness (QED) is 0.308. The summed E-state index contributed by atoms with van der Waals surface area (Å²) < 4.78 is 5.42. The second-order valence-corrected chi connectivity index (χ2v) is 9.32. The number of hydrogen-bond donors (Lipinski definition) is 1. The number of nitrogens with zero attached hydrogens (tertiary/aromatic N) is 1. The van der Waals surface area contributed by atoms with Crippen LogP contribution in [0.3, 0.4) is 0 Å². The Labute approximate surface area is 191 Å². The summed E-state index contributed by atoms with van der Waals surface area (Å²) >= 11 is 5.97. The van der Waals surface area contributed by atoms with Crippen LogP contribution in [-0.2, 0) is 21.5 Å². The van der Waals surface area contributed by atoms with Gasteiger partial charge in [-0.1, -0.05) is 56.6 Å². The van der Waals surface area contributed by atoms with Gasteiger partial charge in [0.1, 0.15) is 11.5 Å². The number of likely N-dealkylation sites (tertiary alicyclic amines) is 1. The molecule has 164 valence electrons. The van der Waals surface area contributed by atoms with E-state index in [-0.39, 0.29) is 23.3 Å². The predicted molar refractivity (Wildman–Crippen MR) is 123 cm³/mol. The zero-order valence-electron chi connectivity index (χ0n) is 18.1. The number of benzene rings is 2. The van der Waals surface area contributed by atoms with Gasteiger partial charge >= 0.3 is 0 Å². The van der Waals surface area contributed by atoms with Crippen molar-refractivity contribution in [3.05, 3.63) is 100.0 Å². The lowest BCUT2D eigenvalue weighted by atomic mass is 9.85. The highest BCUT2D eigenvalue weighted by molar-refractivity contribution is 6.46. The number of hydrogen-bond acceptors (Lipinski definition) is 4. The summed E-state index contributed by atoms with van der Waals surface area (Å²) in [6.45, 7) is 6.46. The molecule has 0 aliphatic carbocycles. The molecule has 1 saturated heterocycles. The highest BCUT2D eigenvalue weighted by Gasteiger charge is 2.46. The van der Waals surface area contributed by atoms with E-state index in [1.165, 1.54) is 11.2 Å². The van der Waals surface area contributed by atoms with Crippen molar-refractivity contribution in [1.82, 2.24) is 4.90 Å². The Morgan fingerprint density at radius 1 is 1.03 bits per heavy atom. The Kier molecular flexibility index (Phi) is 5.70. The maximum atomic E-state index is 13.1. The van der Waals surface area contributed by atoms with Crippen molar-refractivity contribution in [1.29, 1.82) is 0 Å². The first-order valence-electron chi connectivity index (χ1n) is 10.3. The van der Waals surface area contributed by atoms with Crippen LogP contribution in [0.1, 0.15) is 49.3 Å². The largest absolute Gasteiger partial charge is 0.507 e. The summed E-state index contributed by atoms with van der Waals surface area (Å²) in [5.41, 5.74) is 2.29. The number of Topliss-reactive ketones (excluding diaryl/α,β-unsaturated/α-hetero) is 1. The Morgan fingerprint density at radius 2 is 1.69 bits per heavy atom. The highest BCUT2D eigenvalue weighted by atomic mass is 35.5. The number of aliphatic hydroxyl groups excluding tert-OH is 1. The number of halogens is 1. The minimum Gasteiger partial charge on any atom is -0.507 e. The van der Waals surface area contributed by atoms with E-state index in [2.05, 4.69) is 20.8 Å². The molecule has 5 nitrogen and oxygen atoms in total. The molecule has 32 heavy (non-hydrogen) atoms. The molecule has 2 aromatic carbocycles. The molecule has 6 heteroatoms. The van der Waals surface area contributed by atoms with Gasteiger partial charge in [-0.05, 0) is 52.9 Å². The Balaban J connectivity index is 1.85. The molecular formula is C26H24ClNO4. The summed E-state index contributed by atoms with van der Waals surface area (Å²) in [7, 11) is 0. The zero-order valence-corrected chi connectivity index (χ0v) is 18.9. The van der Waals surface area contributed by atoms with Gasteiger partial charge in [-0.25, -0.2) is 0 Å². The Hall–Kier alpha value is -3.31. The van der Waals surface area contributed by atoms with E-state index in [9.17, 15) is 14.7 Å². The van der Waals surface area contributed by atoms with Crippen molar-refractivity contribution in [3.63, 3.8) is 0 Å². The molecule has 0 radical (unpaired) electrons. The standard InChI is InChI=1S/C26H24ClNO4/c1-26(2,3)18-10-6-16(7-11-18)22-21(23(29)17-8-12-19(27)13-9-17)24(30)25(31)28(22)15-20-5-4-14-32-20/h4-14,22,29H,15H2,1-3H3. The number of carbonyl (C=O) groups excluding carboxylic acids is 2. The van der Waals surface area contributed by atoms with Gasteiger partial charge in [-0.15, -0.1) is 0 Å². The van der Waals surface area contributed by atoms with Crippen LogP contribution in [0.5, 0.6) is 0 Å². The van der Waals surface area contributed by atoms with E-state index in [1.54, 1.807) is 36.4 Å². The van der Waals surface area contributed by atoms with Gasteiger partial charge in [0.2, 0.25) is 0 Å². The number of furan rings is 1. The summed E-state index contributed by atoms with van der Waals surface area (Å²) in [6, 6.07) is 17.0. The molecule has 0 spiro atoms. The molecule has 1 N–H and O–H groups in total. The molecule has 0 bridgehead atoms. The van der Waals surface area contributed by atoms with Gasteiger partial charge in [0.05, 0.1) is 24.4 Å². The number of aliphatic hydroxyl groups is 1. The van der Waals surface area contributed by atoms with Crippen LogP contribution in [0.2, 0.25) is 5.02 Å². The molecule has 3 aromatic rings. The molecule has 2 heterocycles. The second kappa shape index (κ2) is 8.32. The molecule has 4 rings (SSSR count). The van der Waals surface area contributed by atoms with Crippen molar-refractivity contribution in [3.8, 4) is 0 Å². The van der Waals surface area contributed by atoms with Crippen molar-refractivity contribution >= 4 is 29.1 Å². The van der Waals surface area contributed by atoms with Crippen LogP contribution >= 0.6 is 11.6 Å². The van der Waals surface area contributed by atoms with E-state index in [0.29, 0.717) is 16.3 Å². The van der Waals surface area contributed by atoms with Crippen molar-refractivity contribution in [2.75, 3.05) is 0 Å². The van der Waals surface area contributed by atoms with E-state index in [4.69, 9.17) is 16.0 Å². The predicted octanol–water partition coefficient (Wildman–Crippen LogP) is 5.85. The number of amides is 1.